The summed E-state index contributed by atoms with van der Waals surface area (Å²) in [7, 11) is 0. The predicted molar refractivity (Wildman–Crippen MR) is 79.9 cm³/mol. The number of fused-ring (bicyclic) bond motifs is 1. The second kappa shape index (κ2) is 4.82. The van der Waals surface area contributed by atoms with Crippen LogP contribution in [-0.4, -0.2) is 4.57 Å². The van der Waals surface area contributed by atoms with E-state index >= 15 is 0 Å². The Labute approximate surface area is 119 Å². The van der Waals surface area contributed by atoms with E-state index in [1.807, 2.05) is 6.07 Å². The van der Waals surface area contributed by atoms with E-state index in [2.05, 4.69) is 57.9 Å². The molecule has 0 fully saturated rings. The molecule has 0 amide bonds. The van der Waals surface area contributed by atoms with Crippen molar-refractivity contribution in [2.45, 2.75) is 13.5 Å². The number of aromatic nitrogens is 1. The molecule has 0 spiro atoms. The summed E-state index contributed by atoms with van der Waals surface area (Å²) in [5.41, 5.74) is 3.39. The van der Waals surface area contributed by atoms with Crippen LogP contribution in [0.4, 0.5) is 4.39 Å². The van der Waals surface area contributed by atoms with E-state index in [-0.39, 0.29) is 5.82 Å². The Bertz CT molecular complexity index is 725. The van der Waals surface area contributed by atoms with Crippen LogP contribution >= 0.6 is 15.9 Å². The van der Waals surface area contributed by atoms with Crippen LogP contribution < -0.4 is 0 Å². The van der Waals surface area contributed by atoms with Gasteiger partial charge in [0.25, 0.3) is 0 Å². The molecule has 0 aliphatic rings. The molecule has 0 N–H and O–H groups in total. The van der Waals surface area contributed by atoms with Gasteiger partial charge in [-0.3, -0.25) is 0 Å². The summed E-state index contributed by atoms with van der Waals surface area (Å²) in [5, 5.41) is 1.25. The molecule has 96 valence electrons. The van der Waals surface area contributed by atoms with Crippen molar-refractivity contribution in [3.63, 3.8) is 0 Å². The number of hydrogen-bond acceptors (Lipinski definition) is 0. The Balaban J connectivity index is 2.04. The molecule has 0 radical (unpaired) electrons. The molecule has 19 heavy (non-hydrogen) atoms. The molecule has 0 unspecified atom stereocenters. The van der Waals surface area contributed by atoms with Crippen molar-refractivity contribution in [3.05, 3.63) is 70.1 Å². The molecule has 0 saturated heterocycles. The molecule has 1 aromatic heterocycles. The minimum absolute atomic E-state index is 0.211. The summed E-state index contributed by atoms with van der Waals surface area (Å²) in [4.78, 5) is 0. The first-order valence-electron chi connectivity index (χ1n) is 6.13. The first kappa shape index (κ1) is 12.4. The zero-order valence-electron chi connectivity index (χ0n) is 10.5. The lowest BCUT2D eigenvalue weighted by atomic mass is 10.1. The van der Waals surface area contributed by atoms with Crippen LogP contribution in [0.25, 0.3) is 10.9 Å². The van der Waals surface area contributed by atoms with Crippen LogP contribution in [0, 0.1) is 12.7 Å². The summed E-state index contributed by atoms with van der Waals surface area (Å²) in [6.45, 7) is 2.77. The third kappa shape index (κ3) is 2.43. The second-order valence-electron chi connectivity index (χ2n) is 4.73. The lowest BCUT2D eigenvalue weighted by molar-refractivity contribution is 0.623. The Kier molecular flexibility index (Phi) is 3.15. The van der Waals surface area contributed by atoms with Crippen LogP contribution in [0.3, 0.4) is 0 Å². The van der Waals surface area contributed by atoms with Gasteiger partial charge in [0.2, 0.25) is 0 Å². The summed E-state index contributed by atoms with van der Waals surface area (Å²) < 4.78 is 16.3. The third-order valence-electron chi connectivity index (χ3n) is 3.31. The second-order valence-corrected chi connectivity index (χ2v) is 5.64. The summed E-state index contributed by atoms with van der Waals surface area (Å²) in [6, 6.07) is 13.4. The Hall–Kier alpha value is -1.61. The van der Waals surface area contributed by atoms with Crippen molar-refractivity contribution in [2.24, 2.45) is 0 Å². The lowest BCUT2D eigenvalue weighted by Crippen LogP contribution is -1.98. The monoisotopic (exact) mass is 317 g/mol. The molecule has 1 heterocycles. The lowest BCUT2D eigenvalue weighted by Gasteiger charge is -2.07. The van der Waals surface area contributed by atoms with Crippen molar-refractivity contribution in [3.8, 4) is 0 Å². The highest BCUT2D eigenvalue weighted by Crippen LogP contribution is 2.22. The van der Waals surface area contributed by atoms with Gasteiger partial charge in [-0.25, -0.2) is 4.39 Å². The first-order chi connectivity index (χ1) is 9.13. The Morgan fingerprint density at radius 2 is 2.00 bits per heavy atom. The quantitative estimate of drug-likeness (QED) is 0.633. The summed E-state index contributed by atoms with van der Waals surface area (Å²) in [5.74, 6) is -0.211. The molecule has 0 atom stereocenters. The average molecular weight is 318 g/mol. The predicted octanol–water partition coefficient (Wildman–Crippen LogP) is 4.90. The maximum atomic E-state index is 13.4. The minimum atomic E-state index is -0.211. The number of benzene rings is 2. The molecule has 1 nitrogen and oxygen atoms in total. The molecular formula is C16H13BrFN. The fourth-order valence-corrected chi connectivity index (χ4v) is 2.93. The number of nitrogens with zero attached hydrogens (tertiary/aromatic N) is 1. The normalized spacial score (nSPS) is 11.1. The van der Waals surface area contributed by atoms with Crippen LogP contribution in [0.5, 0.6) is 0 Å². The van der Waals surface area contributed by atoms with Gasteiger partial charge in [-0.05, 0) is 48.4 Å². The van der Waals surface area contributed by atoms with E-state index in [0.29, 0.717) is 6.54 Å². The van der Waals surface area contributed by atoms with Gasteiger partial charge in [0, 0.05) is 28.1 Å². The molecule has 2 aromatic carbocycles. The van der Waals surface area contributed by atoms with Gasteiger partial charge in [-0.2, -0.15) is 0 Å². The smallest absolute Gasteiger partial charge is 0.124 e. The average Bonchev–Trinajstić information content (AvgIpc) is 2.73. The van der Waals surface area contributed by atoms with E-state index in [1.165, 1.54) is 22.5 Å². The first-order valence-corrected chi connectivity index (χ1v) is 6.92. The van der Waals surface area contributed by atoms with Crippen LogP contribution in [0.15, 0.2) is 53.1 Å². The molecule has 3 rings (SSSR count). The van der Waals surface area contributed by atoms with Gasteiger partial charge in [0.05, 0.1) is 0 Å². The van der Waals surface area contributed by atoms with E-state index < -0.39 is 0 Å². The zero-order chi connectivity index (χ0) is 13.4. The highest BCUT2D eigenvalue weighted by Gasteiger charge is 2.05. The summed E-state index contributed by atoms with van der Waals surface area (Å²) >= 11 is 3.33. The number of aryl methyl sites for hydroxylation is 1. The van der Waals surface area contributed by atoms with Crippen molar-refractivity contribution in [1.29, 1.82) is 0 Å². The van der Waals surface area contributed by atoms with Crippen molar-refractivity contribution >= 4 is 26.8 Å². The maximum Gasteiger partial charge on any atom is 0.124 e. The zero-order valence-corrected chi connectivity index (χ0v) is 12.1. The SMILES string of the molecule is Cc1cccc2c1ccn2Cc1cc(F)cc(Br)c1. The van der Waals surface area contributed by atoms with E-state index in [9.17, 15) is 4.39 Å². The maximum absolute atomic E-state index is 13.4. The van der Waals surface area contributed by atoms with Crippen molar-refractivity contribution in [2.75, 3.05) is 0 Å². The van der Waals surface area contributed by atoms with Crippen molar-refractivity contribution < 1.29 is 4.39 Å². The molecule has 0 aliphatic carbocycles. The van der Waals surface area contributed by atoms with Gasteiger partial charge in [0.15, 0.2) is 0 Å². The number of rotatable bonds is 2. The molecule has 0 aliphatic heterocycles. The van der Waals surface area contributed by atoms with E-state index in [4.69, 9.17) is 0 Å². The van der Waals surface area contributed by atoms with Gasteiger partial charge in [0.1, 0.15) is 5.82 Å². The van der Waals surface area contributed by atoms with Crippen LogP contribution in [-0.2, 0) is 6.54 Å². The Morgan fingerprint density at radius 1 is 1.16 bits per heavy atom. The molecule has 0 bridgehead atoms. The Morgan fingerprint density at radius 3 is 2.79 bits per heavy atom. The van der Waals surface area contributed by atoms with Gasteiger partial charge in [-0.1, -0.05) is 28.1 Å². The fourth-order valence-electron chi connectivity index (χ4n) is 2.41. The molecule has 3 heteroatoms. The van der Waals surface area contributed by atoms with E-state index in [0.717, 1.165) is 10.0 Å². The number of halogens is 2. The van der Waals surface area contributed by atoms with Gasteiger partial charge >= 0.3 is 0 Å². The highest BCUT2D eigenvalue weighted by atomic mass is 79.9. The minimum Gasteiger partial charge on any atom is -0.343 e. The van der Waals surface area contributed by atoms with Gasteiger partial charge < -0.3 is 4.57 Å². The topological polar surface area (TPSA) is 4.93 Å². The standard InChI is InChI=1S/C16H13BrFN/c1-11-3-2-4-16-15(11)5-6-19(16)10-12-7-13(17)9-14(18)8-12/h2-9H,10H2,1H3. The number of hydrogen-bond donors (Lipinski definition) is 0. The van der Waals surface area contributed by atoms with E-state index in [1.54, 1.807) is 6.07 Å². The summed E-state index contributed by atoms with van der Waals surface area (Å²) in [6.07, 6.45) is 2.05. The van der Waals surface area contributed by atoms with Crippen LogP contribution in [0.1, 0.15) is 11.1 Å². The fraction of sp³-hybridized carbons (Fsp3) is 0.125. The van der Waals surface area contributed by atoms with Crippen molar-refractivity contribution in [1.82, 2.24) is 4.57 Å². The third-order valence-corrected chi connectivity index (χ3v) is 3.76. The largest absolute Gasteiger partial charge is 0.343 e. The molecule has 3 aromatic rings. The van der Waals surface area contributed by atoms with Crippen LogP contribution in [0.2, 0.25) is 0 Å². The van der Waals surface area contributed by atoms with Gasteiger partial charge in [-0.15, -0.1) is 0 Å². The molecule has 0 saturated carbocycles. The molecular weight excluding hydrogens is 305 g/mol. The highest BCUT2D eigenvalue weighted by molar-refractivity contribution is 9.10.